The topological polar surface area (TPSA) is 75.3 Å². The van der Waals surface area contributed by atoms with Crippen molar-refractivity contribution in [3.8, 4) is 0 Å². The van der Waals surface area contributed by atoms with Crippen molar-refractivity contribution in [1.82, 2.24) is 9.55 Å². The number of rotatable bonds is 2. The molecule has 0 spiro atoms. The van der Waals surface area contributed by atoms with Gasteiger partial charge in [-0.1, -0.05) is 6.42 Å². The van der Waals surface area contributed by atoms with Crippen LogP contribution in [-0.4, -0.2) is 31.8 Å². The van der Waals surface area contributed by atoms with Gasteiger partial charge in [0.15, 0.2) is 5.69 Å². The molecule has 1 aliphatic carbocycles. The van der Waals surface area contributed by atoms with Crippen molar-refractivity contribution in [2.75, 3.05) is 0 Å². The SMILES string of the molecule is O=C(O)c1nc(C2CCC2)n2c1CC(O)CC2. The van der Waals surface area contributed by atoms with Gasteiger partial charge in [0, 0.05) is 18.9 Å². The van der Waals surface area contributed by atoms with Gasteiger partial charge in [0.1, 0.15) is 5.82 Å². The smallest absolute Gasteiger partial charge is 0.356 e. The molecule has 5 heteroatoms. The van der Waals surface area contributed by atoms with E-state index in [2.05, 4.69) is 4.98 Å². The van der Waals surface area contributed by atoms with Crippen LogP contribution in [0.2, 0.25) is 0 Å². The van der Waals surface area contributed by atoms with Crippen molar-refractivity contribution >= 4 is 5.97 Å². The van der Waals surface area contributed by atoms with E-state index in [9.17, 15) is 9.90 Å². The summed E-state index contributed by atoms with van der Waals surface area (Å²) in [5.41, 5.74) is 0.851. The zero-order valence-corrected chi connectivity index (χ0v) is 9.59. The lowest BCUT2D eigenvalue weighted by Crippen LogP contribution is -2.26. The summed E-state index contributed by atoms with van der Waals surface area (Å²) >= 11 is 0. The van der Waals surface area contributed by atoms with E-state index in [-0.39, 0.29) is 5.69 Å². The molecule has 2 N–H and O–H groups in total. The molecule has 17 heavy (non-hydrogen) atoms. The maximum Gasteiger partial charge on any atom is 0.356 e. The third-order valence-corrected chi connectivity index (χ3v) is 3.89. The summed E-state index contributed by atoms with van der Waals surface area (Å²) in [4.78, 5) is 15.5. The van der Waals surface area contributed by atoms with Gasteiger partial charge in [0.25, 0.3) is 0 Å². The summed E-state index contributed by atoms with van der Waals surface area (Å²) in [5.74, 6) is 0.376. The van der Waals surface area contributed by atoms with Gasteiger partial charge in [-0.05, 0) is 19.3 Å². The van der Waals surface area contributed by atoms with Crippen LogP contribution in [0, 0.1) is 0 Å². The Morgan fingerprint density at radius 3 is 2.71 bits per heavy atom. The Bertz CT molecular complexity index is 463. The van der Waals surface area contributed by atoms with E-state index in [1.165, 1.54) is 6.42 Å². The Morgan fingerprint density at radius 1 is 1.35 bits per heavy atom. The Hall–Kier alpha value is -1.36. The van der Waals surface area contributed by atoms with E-state index >= 15 is 0 Å². The highest BCUT2D eigenvalue weighted by atomic mass is 16.4. The minimum atomic E-state index is -0.978. The van der Waals surface area contributed by atoms with E-state index in [1.807, 2.05) is 4.57 Å². The maximum atomic E-state index is 11.2. The van der Waals surface area contributed by atoms with Crippen LogP contribution in [0.3, 0.4) is 0 Å². The van der Waals surface area contributed by atoms with Crippen LogP contribution in [0.15, 0.2) is 0 Å². The quantitative estimate of drug-likeness (QED) is 0.807. The molecule has 3 rings (SSSR count). The van der Waals surface area contributed by atoms with Gasteiger partial charge < -0.3 is 14.8 Å². The predicted molar refractivity (Wildman–Crippen MR) is 60.1 cm³/mol. The third kappa shape index (κ3) is 1.65. The Labute approximate surface area is 99.1 Å². The van der Waals surface area contributed by atoms with Crippen molar-refractivity contribution in [3.63, 3.8) is 0 Å². The first kappa shape index (κ1) is 10.8. The van der Waals surface area contributed by atoms with Crippen molar-refractivity contribution in [2.45, 2.75) is 50.7 Å². The predicted octanol–water partition coefficient (Wildman–Crippen LogP) is 1.16. The van der Waals surface area contributed by atoms with Gasteiger partial charge in [0.05, 0.1) is 11.8 Å². The average Bonchev–Trinajstić information content (AvgIpc) is 2.54. The van der Waals surface area contributed by atoms with Crippen molar-refractivity contribution in [3.05, 3.63) is 17.2 Å². The lowest BCUT2D eigenvalue weighted by molar-refractivity contribution is 0.0687. The maximum absolute atomic E-state index is 11.2. The van der Waals surface area contributed by atoms with Gasteiger partial charge in [-0.3, -0.25) is 0 Å². The number of aromatic carboxylic acids is 1. The summed E-state index contributed by atoms with van der Waals surface area (Å²) < 4.78 is 2.03. The summed E-state index contributed by atoms with van der Waals surface area (Å²) in [6, 6.07) is 0. The first-order chi connectivity index (χ1) is 8.16. The van der Waals surface area contributed by atoms with E-state index in [1.54, 1.807) is 0 Å². The highest BCUT2D eigenvalue weighted by Crippen LogP contribution is 2.37. The Kier molecular flexibility index (Phi) is 2.43. The molecule has 1 saturated carbocycles. The van der Waals surface area contributed by atoms with E-state index < -0.39 is 12.1 Å². The van der Waals surface area contributed by atoms with Crippen LogP contribution in [0.1, 0.15) is 53.6 Å². The minimum absolute atomic E-state index is 0.144. The number of carboxylic acids is 1. The molecule has 92 valence electrons. The number of aromatic nitrogens is 2. The summed E-state index contributed by atoms with van der Waals surface area (Å²) in [7, 11) is 0. The number of hydrogen-bond donors (Lipinski definition) is 2. The standard InChI is InChI=1S/C12H16N2O3/c15-8-4-5-14-9(6-8)10(12(16)17)13-11(14)7-2-1-3-7/h7-8,15H,1-6H2,(H,16,17). The number of imidazole rings is 1. The number of nitrogens with zero attached hydrogens (tertiary/aromatic N) is 2. The largest absolute Gasteiger partial charge is 0.476 e. The van der Waals surface area contributed by atoms with E-state index in [4.69, 9.17) is 5.11 Å². The lowest BCUT2D eigenvalue weighted by atomic mass is 9.84. The number of fused-ring (bicyclic) bond motifs is 1. The van der Waals surface area contributed by atoms with Gasteiger partial charge in [-0.25, -0.2) is 9.78 Å². The van der Waals surface area contributed by atoms with Crippen LogP contribution in [0.25, 0.3) is 0 Å². The molecule has 0 saturated heterocycles. The lowest BCUT2D eigenvalue weighted by Gasteiger charge is -2.28. The molecular formula is C12H16N2O3. The second kappa shape index (κ2) is 3.84. The van der Waals surface area contributed by atoms with Crippen LogP contribution in [-0.2, 0) is 13.0 Å². The summed E-state index contributed by atoms with van der Waals surface area (Å²) in [5, 5.41) is 18.8. The molecule has 1 aliphatic heterocycles. The molecule has 0 amide bonds. The fourth-order valence-corrected chi connectivity index (χ4v) is 2.71. The highest BCUT2D eigenvalue weighted by molar-refractivity contribution is 5.87. The second-order valence-corrected chi connectivity index (χ2v) is 5.00. The molecule has 0 radical (unpaired) electrons. The molecule has 1 fully saturated rings. The van der Waals surface area contributed by atoms with Crippen molar-refractivity contribution in [2.24, 2.45) is 0 Å². The molecule has 5 nitrogen and oxygen atoms in total. The normalized spacial score (nSPS) is 24.2. The minimum Gasteiger partial charge on any atom is -0.476 e. The molecule has 1 atom stereocenters. The molecule has 2 heterocycles. The molecule has 1 aromatic rings. The van der Waals surface area contributed by atoms with Gasteiger partial charge in [-0.2, -0.15) is 0 Å². The Balaban J connectivity index is 2.05. The number of carboxylic acid groups (broad SMARTS) is 1. The molecule has 2 aliphatic rings. The monoisotopic (exact) mass is 236 g/mol. The first-order valence-corrected chi connectivity index (χ1v) is 6.17. The zero-order valence-electron chi connectivity index (χ0n) is 9.59. The van der Waals surface area contributed by atoms with Crippen LogP contribution in [0.5, 0.6) is 0 Å². The zero-order chi connectivity index (χ0) is 12.0. The first-order valence-electron chi connectivity index (χ1n) is 6.17. The van der Waals surface area contributed by atoms with E-state index in [0.717, 1.165) is 18.7 Å². The van der Waals surface area contributed by atoms with Crippen molar-refractivity contribution < 1.29 is 15.0 Å². The van der Waals surface area contributed by atoms with Crippen molar-refractivity contribution in [1.29, 1.82) is 0 Å². The van der Waals surface area contributed by atoms with Gasteiger partial charge >= 0.3 is 5.97 Å². The highest BCUT2D eigenvalue weighted by Gasteiger charge is 2.32. The number of carbonyl (C=O) groups is 1. The number of aliphatic hydroxyl groups is 1. The van der Waals surface area contributed by atoms with Gasteiger partial charge in [0.2, 0.25) is 0 Å². The Morgan fingerprint density at radius 2 is 2.12 bits per heavy atom. The van der Waals surface area contributed by atoms with Crippen LogP contribution in [0.4, 0.5) is 0 Å². The third-order valence-electron chi connectivity index (χ3n) is 3.89. The van der Waals surface area contributed by atoms with Gasteiger partial charge in [-0.15, -0.1) is 0 Å². The molecule has 1 aromatic heterocycles. The summed E-state index contributed by atoms with van der Waals surface area (Å²) in [6.45, 7) is 0.697. The van der Waals surface area contributed by atoms with Crippen LogP contribution >= 0.6 is 0 Å². The fraction of sp³-hybridized carbons (Fsp3) is 0.667. The number of aliphatic hydroxyl groups excluding tert-OH is 1. The molecule has 1 unspecified atom stereocenters. The van der Waals surface area contributed by atoms with Crippen LogP contribution < -0.4 is 0 Å². The van der Waals surface area contributed by atoms with E-state index in [0.29, 0.717) is 31.0 Å². The molecular weight excluding hydrogens is 220 g/mol. The fourth-order valence-electron chi connectivity index (χ4n) is 2.71. The molecule has 0 bridgehead atoms. The summed E-state index contributed by atoms with van der Waals surface area (Å²) in [6.07, 6.45) is 4.11. The number of hydrogen-bond acceptors (Lipinski definition) is 3. The molecule has 0 aromatic carbocycles. The second-order valence-electron chi connectivity index (χ2n) is 5.00. The average molecular weight is 236 g/mol.